The molecular formula is C23H26N2O5S. The molecule has 8 heteroatoms. The van der Waals surface area contributed by atoms with Crippen LogP contribution in [0.5, 0.6) is 5.75 Å². The number of ether oxygens (including phenoxy) is 1. The lowest BCUT2D eigenvalue weighted by atomic mass is 9.93. The summed E-state index contributed by atoms with van der Waals surface area (Å²) in [6.07, 6.45) is -0.317. The van der Waals surface area contributed by atoms with Crippen molar-refractivity contribution in [2.45, 2.75) is 48.5 Å². The van der Waals surface area contributed by atoms with Gasteiger partial charge in [-0.3, -0.25) is 4.79 Å². The van der Waals surface area contributed by atoms with E-state index in [1.54, 1.807) is 25.3 Å². The Morgan fingerprint density at radius 2 is 1.81 bits per heavy atom. The monoisotopic (exact) mass is 442 g/mol. The number of sulfone groups is 1. The first kappa shape index (κ1) is 21.4. The van der Waals surface area contributed by atoms with E-state index in [0.29, 0.717) is 11.5 Å². The Labute approximate surface area is 182 Å². The van der Waals surface area contributed by atoms with Crippen LogP contribution >= 0.6 is 0 Å². The maximum atomic E-state index is 13.8. The topological polar surface area (TPSA) is 94.1 Å². The van der Waals surface area contributed by atoms with Crippen molar-refractivity contribution in [2.75, 3.05) is 7.11 Å². The zero-order valence-corrected chi connectivity index (χ0v) is 18.6. The molecule has 7 nitrogen and oxygen atoms in total. The second-order valence-corrected chi connectivity index (χ2v) is 10.6. The highest BCUT2D eigenvalue weighted by atomic mass is 32.2. The molecule has 4 rings (SSSR count). The molecule has 164 valence electrons. The highest BCUT2D eigenvalue weighted by molar-refractivity contribution is 7.93. The summed E-state index contributed by atoms with van der Waals surface area (Å²) in [6.45, 7) is 3.63. The Balaban J connectivity index is 1.73. The number of fused-ring (bicyclic) bond motifs is 1. The number of nitrogens with one attached hydrogen (secondary N) is 1. The number of carbonyl (C=O) groups excluding carboxylic acids is 1. The Kier molecular flexibility index (Phi) is 5.51. The Morgan fingerprint density at radius 1 is 1.13 bits per heavy atom. The van der Waals surface area contributed by atoms with Gasteiger partial charge in [-0.05, 0) is 62.2 Å². The quantitative estimate of drug-likeness (QED) is 0.742. The molecule has 1 heterocycles. The second-order valence-electron chi connectivity index (χ2n) is 8.30. The summed E-state index contributed by atoms with van der Waals surface area (Å²) in [5.74, 6) is -0.0771. The van der Waals surface area contributed by atoms with Crippen molar-refractivity contribution in [3.05, 3.63) is 60.2 Å². The van der Waals surface area contributed by atoms with Crippen LogP contribution in [0.2, 0.25) is 0 Å². The number of amides is 1. The molecule has 1 aliphatic carbocycles. The summed E-state index contributed by atoms with van der Waals surface area (Å²) < 4.78 is 31.1. The summed E-state index contributed by atoms with van der Waals surface area (Å²) in [4.78, 5) is 19.1. The molecule has 1 saturated carbocycles. The Morgan fingerprint density at radius 3 is 2.42 bits per heavy atom. The lowest BCUT2D eigenvalue weighted by molar-refractivity contribution is -0.124. The first-order chi connectivity index (χ1) is 14.8. The van der Waals surface area contributed by atoms with Gasteiger partial charge < -0.3 is 14.9 Å². The summed E-state index contributed by atoms with van der Waals surface area (Å²) in [7, 11) is -2.38. The number of hydrogen-bond donors (Lipinski definition) is 1. The molecule has 2 aromatic rings. The molecule has 2 aliphatic rings. The first-order valence-corrected chi connectivity index (χ1v) is 11.8. The SMILES string of the molecule is COc1ccc(C2=NO[C@H]3C[C@](C(=O)NC(C)C)(S(=O)(=O)c4ccccc4)C[C@@H]23)cc1. The second kappa shape index (κ2) is 8.00. The number of hydrogen-bond acceptors (Lipinski definition) is 6. The smallest absolute Gasteiger partial charge is 0.242 e. The van der Waals surface area contributed by atoms with Crippen LogP contribution in [-0.4, -0.2) is 44.0 Å². The van der Waals surface area contributed by atoms with Gasteiger partial charge in [0.15, 0.2) is 14.6 Å². The van der Waals surface area contributed by atoms with E-state index in [-0.39, 0.29) is 29.7 Å². The third-order valence-electron chi connectivity index (χ3n) is 5.95. The fourth-order valence-electron chi connectivity index (χ4n) is 4.39. The number of benzene rings is 2. The van der Waals surface area contributed by atoms with Crippen LogP contribution < -0.4 is 10.1 Å². The van der Waals surface area contributed by atoms with Crippen LogP contribution in [-0.2, 0) is 19.5 Å². The molecule has 2 aromatic carbocycles. The molecule has 3 atom stereocenters. The van der Waals surface area contributed by atoms with Gasteiger partial charge in [0.25, 0.3) is 0 Å². The highest BCUT2D eigenvalue weighted by Gasteiger charge is 2.62. The number of nitrogens with zero attached hydrogens (tertiary/aromatic N) is 1. The standard InChI is InChI=1S/C23H26N2O5S/c1-15(2)24-22(26)23(31(27,28)18-7-5-4-6-8-18)13-19-20(14-23)30-25-21(19)16-9-11-17(29-3)12-10-16/h4-12,15,19-20H,13-14H2,1-3H3,(H,24,26)/t19-,20+,23-/m1/s1. The van der Waals surface area contributed by atoms with Crippen LogP contribution in [0, 0.1) is 5.92 Å². The van der Waals surface area contributed by atoms with Crippen LogP contribution in [0.3, 0.4) is 0 Å². The first-order valence-electron chi connectivity index (χ1n) is 10.3. The zero-order chi connectivity index (χ0) is 22.2. The summed E-state index contributed by atoms with van der Waals surface area (Å²) in [5, 5.41) is 7.07. The van der Waals surface area contributed by atoms with Crippen molar-refractivity contribution in [3.8, 4) is 5.75 Å². The van der Waals surface area contributed by atoms with E-state index in [2.05, 4.69) is 10.5 Å². The highest BCUT2D eigenvalue weighted by Crippen LogP contribution is 2.48. The van der Waals surface area contributed by atoms with Crippen molar-refractivity contribution in [1.29, 1.82) is 0 Å². The predicted molar refractivity (Wildman–Crippen MR) is 117 cm³/mol. The molecule has 0 aromatic heterocycles. The molecule has 31 heavy (non-hydrogen) atoms. The van der Waals surface area contributed by atoms with Gasteiger partial charge in [0.05, 0.1) is 17.7 Å². The van der Waals surface area contributed by atoms with Gasteiger partial charge in [0.1, 0.15) is 11.9 Å². The van der Waals surface area contributed by atoms with E-state index >= 15 is 0 Å². The molecular weight excluding hydrogens is 416 g/mol. The Bertz CT molecular complexity index is 1100. The largest absolute Gasteiger partial charge is 0.497 e. The van der Waals surface area contributed by atoms with E-state index < -0.39 is 26.6 Å². The van der Waals surface area contributed by atoms with E-state index in [9.17, 15) is 13.2 Å². The molecule has 0 unspecified atom stereocenters. The molecule has 1 aliphatic heterocycles. The van der Waals surface area contributed by atoms with Gasteiger partial charge in [-0.15, -0.1) is 0 Å². The number of methoxy groups -OCH3 is 1. The molecule has 1 fully saturated rings. The molecule has 1 N–H and O–H groups in total. The predicted octanol–water partition coefficient (Wildman–Crippen LogP) is 2.95. The van der Waals surface area contributed by atoms with Crippen molar-refractivity contribution in [2.24, 2.45) is 11.1 Å². The lowest BCUT2D eigenvalue weighted by Gasteiger charge is -2.29. The van der Waals surface area contributed by atoms with Gasteiger partial charge in [0.2, 0.25) is 5.91 Å². The van der Waals surface area contributed by atoms with Crippen LogP contribution in [0.15, 0.2) is 64.6 Å². The van der Waals surface area contributed by atoms with Gasteiger partial charge in [-0.2, -0.15) is 0 Å². The van der Waals surface area contributed by atoms with Gasteiger partial charge >= 0.3 is 0 Å². The average Bonchev–Trinajstić information content (AvgIpc) is 3.33. The number of rotatable bonds is 6. The average molecular weight is 443 g/mol. The van der Waals surface area contributed by atoms with E-state index in [1.807, 2.05) is 38.1 Å². The lowest BCUT2D eigenvalue weighted by Crippen LogP contribution is -2.53. The van der Waals surface area contributed by atoms with Gasteiger partial charge in [-0.1, -0.05) is 23.4 Å². The normalized spacial score (nSPS) is 25.0. The van der Waals surface area contributed by atoms with Crippen LogP contribution in [0.25, 0.3) is 0 Å². The summed E-state index contributed by atoms with van der Waals surface area (Å²) in [5.41, 5.74) is 1.49. The third-order valence-corrected chi connectivity index (χ3v) is 8.39. The molecule has 1 amide bonds. The fourth-order valence-corrected chi connectivity index (χ4v) is 6.44. The zero-order valence-electron chi connectivity index (χ0n) is 17.7. The van der Waals surface area contributed by atoms with Crippen molar-refractivity contribution >= 4 is 21.5 Å². The maximum absolute atomic E-state index is 13.8. The van der Waals surface area contributed by atoms with Gasteiger partial charge in [-0.25, -0.2) is 8.42 Å². The third kappa shape index (κ3) is 3.59. The molecule has 0 saturated heterocycles. The summed E-state index contributed by atoms with van der Waals surface area (Å²) in [6, 6.07) is 15.3. The number of oxime groups is 1. The van der Waals surface area contributed by atoms with Gasteiger partial charge in [0, 0.05) is 18.4 Å². The van der Waals surface area contributed by atoms with Crippen LogP contribution in [0.4, 0.5) is 0 Å². The minimum absolute atomic E-state index is 0.0522. The maximum Gasteiger partial charge on any atom is 0.242 e. The minimum Gasteiger partial charge on any atom is -0.497 e. The van der Waals surface area contributed by atoms with Crippen LogP contribution in [0.1, 0.15) is 32.3 Å². The molecule has 0 radical (unpaired) electrons. The van der Waals surface area contributed by atoms with E-state index in [4.69, 9.17) is 9.57 Å². The van der Waals surface area contributed by atoms with E-state index in [1.165, 1.54) is 12.1 Å². The summed E-state index contributed by atoms with van der Waals surface area (Å²) >= 11 is 0. The van der Waals surface area contributed by atoms with Crippen molar-refractivity contribution in [1.82, 2.24) is 5.32 Å². The number of carbonyl (C=O) groups is 1. The Hall–Kier alpha value is -2.87. The van der Waals surface area contributed by atoms with Crippen molar-refractivity contribution in [3.63, 3.8) is 0 Å². The molecule has 0 spiro atoms. The fraction of sp³-hybridized carbons (Fsp3) is 0.391. The minimum atomic E-state index is -3.97. The molecule has 0 bridgehead atoms. The van der Waals surface area contributed by atoms with E-state index in [0.717, 1.165) is 5.56 Å². The van der Waals surface area contributed by atoms with Crippen molar-refractivity contribution < 1.29 is 22.8 Å².